The van der Waals surface area contributed by atoms with E-state index in [9.17, 15) is 14.4 Å². The topological polar surface area (TPSA) is 127 Å². The lowest BCUT2D eigenvalue weighted by Gasteiger charge is -2.20. The molecule has 10 heteroatoms. The van der Waals surface area contributed by atoms with E-state index in [1.807, 2.05) is 0 Å². The van der Waals surface area contributed by atoms with Crippen LogP contribution in [0, 0.1) is 0 Å². The highest BCUT2D eigenvalue weighted by molar-refractivity contribution is 7.80. The van der Waals surface area contributed by atoms with E-state index in [2.05, 4.69) is 48.5 Å². The van der Waals surface area contributed by atoms with Crippen LogP contribution in [0.1, 0.15) is 0 Å². The second kappa shape index (κ2) is 9.34. The van der Waals surface area contributed by atoms with Crippen molar-refractivity contribution in [2.75, 3.05) is 17.3 Å². The van der Waals surface area contributed by atoms with Gasteiger partial charge in [0, 0.05) is 17.3 Å². The maximum absolute atomic E-state index is 11.8. The number of thiol groups is 3. The van der Waals surface area contributed by atoms with E-state index in [0.29, 0.717) is 0 Å². The molecular weight excluding hydrogens is 308 g/mol. The van der Waals surface area contributed by atoms with Crippen molar-refractivity contribution in [3.63, 3.8) is 0 Å². The molecule has 0 aliphatic carbocycles. The molecule has 7 nitrogen and oxygen atoms in total. The number of hydrogen-bond acceptors (Lipinski definition) is 7. The van der Waals surface area contributed by atoms with E-state index in [4.69, 9.17) is 11.5 Å². The first kappa shape index (κ1) is 18.4. The van der Waals surface area contributed by atoms with Crippen molar-refractivity contribution in [2.45, 2.75) is 18.1 Å². The van der Waals surface area contributed by atoms with Crippen molar-refractivity contribution in [2.24, 2.45) is 11.5 Å². The zero-order valence-electron chi connectivity index (χ0n) is 10.1. The quantitative estimate of drug-likeness (QED) is 0.250. The van der Waals surface area contributed by atoms with Crippen molar-refractivity contribution in [3.05, 3.63) is 0 Å². The molecule has 3 unspecified atom stereocenters. The monoisotopic (exact) mass is 326 g/mol. The summed E-state index contributed by atoms with van der Waals surface area (Å²) in [5.74, 6) is -1.55. The van der Waals surface area contributed by atoms with Gasteiger partial charge >= 0.3 is 0 Å². The third-order valence-corrected chi connectivity index (χ3v) is 3.32. The van der Waals surface area contributed by atoms with Gasteiger partial charge in [-0.1, -0.05) is 0 Å². The molecule has 0 heterocycles. The van der Waals surface area contributed by atoms with Gasteiger partial charge in [-0.05, 0) is 0 Å². The van der Waals surface area contributed by atoms with Gasteiger partial charge in [-0.3, -0.25) is 14.4 Å². The number of amides is 3. The number of nitrogens with one attached hydrogen (secondary N) is 2. The molecule has 0 spiro atoms. The average molecular weight is 326 g/mol. The Labute approximate surface area is 127 Å². The predicted molar refractivity (Wildman–Crippen MR) is 82.6 cm³/mol. The zero-order chi connectivity index (χ0) is 15.0. The summed E-state index contributed by atoms with van der Waals surface area (Å²) in [6, 6.07) is -2.65. The summed E-state index contributed by atoms with van der Waals surface area (Å²) in [6.07, 6.45) is 0. The lowest BCUT2D eigenvalue weighted by molar-refractivity contribution is -0.130. The molecule has 0 radical (unpaired) electrons. The Balaban J connectivity index is 4.56. The minimum absolute atomic E-state index is 0.0505. The van der Waals surface area contributed by atoms with E-state index in [1.54, 1.807) is 0 Å². The highest BCUT2D eigenvalue weighted by atomic mass is 32.1. The molecule has 0 aromatic rings. The molecule has 3 amide bonds. The second-order valence-electron chi connectivity index (χ2n) is 3.68. The Morgan fingerprint density at radius 1 is 0.895 bits per heavy atom. The number of rotatable bonds is 8. The number of primary amides is 1. The summed E-state index contributed by atoms with van der Waals surface area (Å²) in [7, 11) is 0. The number of nitrogens with two attached hydrogens (primary N) is 2. The van der Waals surface area contributed by atoms with Crippen molar-refractivity contribution in [3.8, 4) is 0 Å². The third-order valence-electron chi connectivity index (χ3n) is 2.19. The summed E-state index contributed by atoms with van der Waals surface area (Å²) in [5, 5.41) is 4.77. The Kier molecular flexibility index (Phi) is 9.06. The standard InChI is InChI=1S/C9H18N4O3S3/c10-4(1-17)8(15)13-6(3-19)9(16)12-5(2-18)7(11)14/h4-6,17-19H,1-3,10H2,(H2,11,14)(H,12,16)(H,13,15). The summed E-state index contributed by atoms with van der Waals surface area (Å²) in [5.41, 5.74) is 10.5. The van der Waals surface area contributed by atoms with Gasteiger partial charge < -0.3 is 22.1 Å². The molecule has 0 aliphatic rings. The normalized spacial score (nSPS) is 15.2. The van der Waals surface area contributed by atoms with Crippen LogP contribution in [0.5, 0.6) is 0 Å². The van der Waals surface area contributed by atoms with Crippen LogP contribution >= 0.6 is 37.9 Å². The molecule has 0 aliphatic heterocycles. The van der Waals surface area contributed by atoms with E-state index in [1.165, 1.54) is 0 Å². The average Bonchev–Trinajstić information content (AvgIpc) is 2.39. The maximum Gasteiger partial charge on any atom is 0.244 e. The van der Waals surface area contributed by atoms with E-state index < -0.39 is 35.8 Å². The van der Waals surface area contributed by atoms with Gasteiger partial charge in [0.2, 0.25) is 17.7 Å². The molecule has 0 aromatic heterocycles. The molecule has 19 heavy (non-hydrogen) atoms. The van der Waals surface area contributed by atoms with Crippen LogP contribution in [0.3, 0.4) is 0 Å². The fraction of sp³-hybridized carbons (Fsp3) is 0.667. The van der Waals surface area contributed by atoms with Crippen LogP contribution in [0.25, 0.3) is 0 Å². The van der Waals surface area contributed by atoms with Crippen LogP contribution in [0.15, 0.2) is 0 Å². The van der Waals surface area contributed by atoms with Crippen molar-refractivity contribution < 1.29 is 14.4 Å². The van der Waals surface area contributed by atoms with Crippen molar-refractivity contribution >= 4 is 55.6 Å². The van der Waals surface area contributed by atoms with Crippen LogP contribution in [-0.2, 0) is 14.4 Å². The third kappa shape index (κ3) is 6.41. The van der Waals surface area contributed by atoms with Crippen LogP contribution < -0.4 is 22.1 Å². The molecule has 3 atom stereocenters. The van der Waals surface area contributed by atoms with Crippen molar-refractivity contribution in [1.82, 2.24) is 10.6 Å². The molecule has 0 aromatic carbocycles. The minimum atomic E-state index is -0.913. The summed E-state index contributed by atoms with van der Waals surface area (Å²) in [4.78, 5) is 34.3. The lowest BCUT2D eigenvalue weighted by Crippen LogP contribution is -2.56. The van der Waals surface area contributed by atoms with Gasteiger partial charge in [0.1, 0.15) is 12.1 Å². The Hall–Kier alpha value is -0.580. The van der Waals surface area contributed by atoms with Gasteiger partial charge in [-0.15, -0.1) is 0 Å². The number of hydrogen-bond donors (Lipinski definition) is 7. The first-order valence-electron chi connectivity index (χ1n) is 5.35. The SMILES string of the molecule is NC(=O)C(CS)NC(=O)C(CS)NC(=O)C(N)CS. The first-order chi connectivity index (χ1) is 8.87. The first-order valence-corrected chi connectivity index (χ1v) is 7.25. The fourth-order valence-electron chi connectivity index (χ4n) is 1.03. The summed E-state index contributed by atoms with van der Waals surface area (Å²) in [6.45, 7) is 0. The van der Waals surface area contributed by atoms with Gasteiger partial charge in [0.05, 0.1) is 6.04 Å². The molecular formula is C9H18N4O3S3. The van der Waals surface area contributed by atoms with Gasteiger partial charge in [-0.2, -0.15) is 37.9 Å². The summed E-state index contributed by atoms with van der Waals surface area (Å²) >= 11 is 11.7. The second-order valence-corrected chi connectivity index (χ2v) is 4.77. The zero-order valence-corrected chi connectivity index (χ0v) is 12.8. The van der Waals surface area contributed by atoms with Crippen molar-refractivity contribution in [1.29, 1.82) is 0 Å². The van der Waals surface area contributed by atoms with Gasteiger partial charge in [-0.25, -0.2) is 0 Å². The van der Waals surface area contributed by atoms with Crippen LogP contribution in [-0.4, -0.2) is 53.1 Å². The maximum atomic E-state index is 11.8. The fourth-order valence-corrected chi connectivity index (χ4v) is 1.73. The predicted octanol–water partition coefficient (Wildman–Crippen LogP) is -2.44. The van der Waals surface area contributed by atoms with E-state index >= 15 is 0 Å². The minimum Gasteiger partial charge on any atom is -0.368 e. The molecule has 0 bridgehead atoms. The summed E-state index contributed by atoms with van der Waals surface area (Å²) < 4.78 is 0. The van der Waals surface area contributed by atoms with Crippen LogP contribution in [0.4, 0.5) is 0 Å². The number of carbonyl (C=O) groups excluding carboxylic acids is 3. The smallest absolute Gasteiger partial charge is 0.244 e. The van der Waals surface area contributed by atoms with Crippen LogP contribution in [0.2, 0.25) is 0 Å². The Morgan fingerprint density at radius 2 is 1.37 bits per heavy atom. The Bertz CT molecular complexity index is 343. The molecule has 110 valence electrons. The van der Waals surface area contributed by atoms with E-state index in [0.717, 1.165) is 0 Å². The molecule has 0 saturated heterocycles. The van der Waals surface area contributed by atoms with E-state index in [-0.39, 0.29) is 17.3 Å². The molecule has 0 rings (SSSR count). The Morgan fingerprint density at radius 3 is 1.74 bits per heavy atom. The number of carbonyl (C=O) groups is 3. The highest BCUT2D eigenvalue weighted by Gasteiger charge is 2.25. The lowest BCUT2D eigenvalue weighted by atomic mass is 10.2. The molecule has 0 fully saturated rings. The van der Waals surface area contributed by atoms with Gasteiger partial charge in [0.25, 0.3) is 0 Å². The molecule has 6 N–H and O–H groups in total. The highest BCUT2D eigenvalue weighted by Crippen LogP contribution is 1.95. The largest absolute Gasteiger partial charge is 0.368 e. The van der Waals surface area contributed by atoms with Gasteiger partial charge in [0.15, 0.2) is 0 Å². The molecule has 0 saturated carbocycles.